The van der Waals surface area contributed by atoms with Gasteiger partial charge in [0.2, 0.25) is 5.95 Å². The lowest BCUT2D eigenvalue weighted by atomic mass is 10.0. The number of hydrogen-bond acceptors (Lipinski definition) is 9. The molecule has 0 spiro atoms. The van der Waals surface area contributed by atoms with Crippen molar-refractivity contribution in [1.29, 1.82) is 10.5 Å². The van der Waals surface area contributed by atoms with Gasteiger partial charge in [-0.3, -0.25) is 0 Å². The molecule has 0 amide bonds. The number of allylic oxidation sites excluding steroid dienone is 1. The van der Waals surface area contributed by atoms with Crippen molar-refractivity contribution in [2.75, 3.05) is 24.4 Å². The molecule has 0 unspecified atom stereocenters. The summed E-state index contributed by atoms with van der Waals surface area (Å²) in [6.45, 7) is 5.83. The maximum atomic E-state index is 12.9. The molecule has 36 heavy (non-hydrogen) atoms. The van der Waals surface area contributed by atoms with E-state index in [1.165, 1.54) is 13.2 Å². The number of nitrogens with one attached hydrogen (secondary N) is 2. The summed E-state index contributed by atoms with van der Waals surface area (Å²) < 4.78 is 10.6. The van der Waals surface area contributed by atoms with Crippen LogP contribution in [-0.2, 0) is 16.1 Å². The molecule has 0 saturated heterocycles. The number of esters is 1. The SMILES string of the molecule is CCOC(=O)c1c(COC)nc(Nc2ccc(C#N)cc2)nc1Nc1c(C)cc(/C=C/C#N)cc1C. The number of nitriles is 2. The van der Waals surface area contributed by atoms with Gasteiger partial charge in [0, 0.05) is 24.6 Å². The highest BCUT2D eigenvalue weighted by atomic mass is 16.5. The van der Waals surface area contributed by atoms with Crippen LogP contribution in [0.15, 0.2) is 42.5 Å². The second kappa shape index (κ2) is 12.1. The summed E-state index contributed by atoms with van der Waals surface area (Å²) in [7, 11) is 1.51. The zero-order chi connectivity index (χ0) is 26.1. The van der Waals surface area contributed by atoms with E-state index in [1.54, 1.807) is 37.3 Å². The zero-order valence-corrected chi connectivity index (χ0v) is 20.5. The molecule has 0 bridgehead atoms. The molecule has 2 N–H and O–H groups in total. The second-order valence-electron chi connectivity index (χ2n) is 7.80. The molecule has 9 heteroatoms. The number of carbonyl (C=O) groups is 1. The summed E-state index contributed by atoms with van der Waals surface area (Å²) in [5, 5.41) is 24.3. The van der Waals surface area contributed by atoms with E-state index in [-0.39, 0.29) is 30.5 Å². The van der Waals surface area contributed by atoms with Gasteiger partial charge in [0.25, 0.3) is 0 Å². The topological polar surface area (TPSA) is 133 Å². The fraction of sp³-hybridized carbons (Fsp3) is 0.222. The Balaban J connectivity index is 2.11. The van der Waals surface area contributed by atoms with Crippen molar-refractivity contribution in [3.8, 4) is 12.1 Å². The first-order valence-electron chi connectivity index (χ1n) is 11.2. The van der Waals surface area contributed by atoms with Crippen molar-refractivity contribution in [2.45, 2.75) is 27.4 Å². The maximum absolute atomic E-state index is 12.9. The van der Waals surface area contributed by atoms with E-state index in [4.69, 9.17) is 20.0 Å². The van der Waals surface area contributed by atoms with E-state index in [9.17, 15) is 4.79 Å². The van der Waals surface area contributed by atoms with Gasteiger partial charge in [-0.05, 0) is 79.9 Å². The smallest absolute Gasteiger partial charge is 0.343 e. The lowest BCUT2D eigenvalue weighted by molar-refractivity contribution is 0.0521. The molecule has 182 valence electrons. The minimum absolute atomic E-state index is 0.0588. The van der Waals surface area contributed by atoms with E-state index in [0.29, 0.717) is 16.9 Å². The van der Waals surface area contributed by atoms with Crippen molar-refractivity contribution in [3.63, 3.8) is 0 Å². The highest BCUT2D eigenvalue weighted by molar-refractivity contribution is 5.97. The van der Waals surface area contributed by atoms with Crippen LogP contribution >= 0.6 is 0 Å². The number of ether oxygens (including phenoxy) is 2. The fourth-order valence-corrected chi connectivity index (χ4v) is 3.61. The van der Waals surface area contributed by atoms with Crippen LogP contribution < -0.4 is 10.6 Å². The molecule has 0 aliphatic rings. The molecule has 0 aliphatic heterocycles. The van der Waals surface area contributed by atoms with Gasteiger partial charge in [-0.25, -0.2) is 9.78 Å². The molecule has 3 aromatic rings. The summed E-state index contributed by atoms with van der Waals surface area (Å²) in [6, 6.07) is 14.8. The quantitative estimate of drug-likeness (QED) is 0.307. The third-order valence-corrected chi connectivity index (χ3v) is 5.16. The van der Waals surface area contributed by atoms with Crippen LogP contribution in [0.5, 0.6) is 0 Å². The predicted octanol–water partition coefficient (Wildman–Crippen LogP) is 5.31. The van der Waals surface area contributed by atoms with E-state index in [0.717, 1.165) is 22.4 Å². The molecule has 1 aromatic heterocycles. The Labute approximate surface area is 210 Å². The van der Waals surface area contributed by atoms with Crippen molar-refractivity contribution in [1.82, 2.24) is 9.97 Å². The Hall–Kier alpha value is -4.73. The Morgan fingerprint density at radius 3 is 2.36 bits per heavy atom. The largest absolute Gasteiger partial charge is 0.462 e. The highest BCUT2D eigenvalue weighted by Gasteiger charge is 2.23. The first-order chi connectivity index (χ1) is 17.4. The minimum atomic E-state index is -0.569. The van der Waals surface area contributed by atoms with E-state index in [2.05, 4.69) is 26.7 Å². The molecule has 1 heterocycles. The average Bonchev–Trinajstić information content (AvgIpc) is 2.85. The van der Waals surface area contributed by atoms with E-state index >= 15 is 0 Å². The second-order valence-corrected chi connectivity index (χ2v) is 7.80. The molecule has 0 fully saturated rings. The van der Waals surface area contributed by atoms with Gasteiger partial charge in [0.1, 0.15) is 5.56 Å². The number of carbonyl (C=O) groups excluding carboxylic acids is 1. The molecule has 0 atom stereocenters. The molecule has 9 nitrogen and oxygen atoms in total. The number of aryl methyl sites for hydroxylation is 2. The molecule has 0 aliphatic carbocycles. The van der Waals surface area contributed by atoms with Crippen molar-refractivity contribution < 1.29 is 14.3 Å². The fourth-order valence-electron chi connectivity index (χ4n) is 3.61. The van der Waals surface area contributed by atoms with Gasteiger partial charge >= 0.3 is 5.97 Å². The first kappa shape index (κ1) is 25.9. The molecular formula is C27H26N6O3. The zero-order valence-electron chi connectivity index (χ0n) is 20.5. The Bertz CT molecular complexity index is 1340. The van der Waals surface area contributed by atoms with Crippen LogP contribution in [0.4, 0.5) is 23.1 Å². The normalized spacial score (nSPS) is 10.5. The van der Waals surface area contributed by atoms with Gasteiger partial charge in [0.15, 0.2) is 5.82 Å². The molecule has 0 radical (unpaired) electrons. The van der Waals surface area contributed by atoms with Crippen LogP contribution in [0.1, 0.15) is 45.2 Å². The summed E-state index contributed by atoms with van der Waals surface area (Å²) in [4.78, 5) is 22.0. The van der Waals surface area contributed by atoms with E-state index < -0.39 is 5.97 Å². The molecule has 0 saturated carbocycles. The van der Waals surface area contributed by atoms with E-state index in [1.807, 2.05) is 32.0 Å². The first-order valence-corrected chi connectivity index (χ1v) is 11.2. The number of methoxy groups -OCH3 is 1. The van der Waals surface area contributed by atoms with Crippen LogP contribution in [0.25, 0.3) is 6.08 Å². The number of benzene rings is 2. The number of anilines is 4. The number of aromatic nitrogens is 2. The number of hydrogen-bond donors (Lipinski definition) is 2. The highest BCUT2D eigenvalue weighted by Crippen LogP contribution is 2.30. The van der Waals surface area contributed by atoms with Crippen LogP contribution in [-0.4, -0.2) is 29.7 Å². The van der Waals surface area contributed by atoms with Crippen molar-refractivity contribution in [2.24, 2.45) is 0 Å². The van der Waals surface area contributed by atoms with Gasteiger partial charge in [-0.15, -0.1) is 0 Å². The maximum Gasteiger partial charge on any atom is 0.343 e. The monoisotopic (exact) mass is 482 g/mol. The lowest BCUT2D eigenvalue weighted by Gasteiger charge is -2.18. The molecular weight excluding hydrogens is 456 g/mol. The minimum Gasteiger partial charge on any atom is -0.462 e. The Morgan fingerprint density at radius 1 is 1.08 bits per heavy atom. The summed E-state index contributed by atoms with van der Waals surface area (Å²) in [6.07, 6.45) is 3.15. The van der Waals surface area contributed by atoms with Crippen LogP contribution in [0.3, 0.4) is 0 Å². The number of rotatable bonds is 9. The van der Waals surface area contributed by atoms with Crippen LogP contribution in [0, 0.1) is 36.5 Å². The molecule has 3 rings (SSSR count). The standard InChI is InChI=1S/C27H26N6O3/c1-5-36-26(34)23-22(16-35-4)31-27(30-21-10-8-19(15-29)9-11-21)33-25(23)32-24-17(2)13-20(7-6-12-28)14-18(24)3/h6-11,13-14H,5,16H2,1-4H3,(H2,30,31,32,33)/b7-6+. The van der Waals surface area contributed by atoms with Crippen molar-refractivity contribution >= 4 is 35.2 Å². The summed E-state index contributed by atoms with van der Waals surface area (Å²) in [5.74, 6) is -0.0646. The van der Waals surface area contributed by atoms with Gasteiger partial charge in [0.05, 0.1) is 36.6 Å². The van der Waals surface area contributed by atoms with Gasteiger partial charge in [-0.1, -0.05) is 0 Å². The lowest BCUT2D eigenvalue weighted by Crippen LogP contribution is -2.17. The Kier molecular flexibility index (Phi) is 8.71. The summed E-state index contributed by atoms with van der Waals surface area (Å²) >= 11 is 0. The summed E-state index contributed by atoms with van der Waals surface area (Å²) in [5.41, 5.74) is 5.18. The van der Waals surface area contributed by atoms with Gasteiger partial charge < -0.3 is 20.1 Å². The average molecular weight is 483 g/mol. The van der Waals surface area contributed by atoms with Gasteiger partial charge in [-0.2, -0.15) is 15.5 Å². The molecule has 2 aromatic carbocycles. The Morgan fingerprint density at radius 2 is 1.78 bits per heavy atom. The third-order valence-electron chi connectivity index (χ3n) is 5.16. The van der Waals surface area contributed by atoms with Crippen molar-refractivity contribution in [3.05, 3.63) is 76.0 Å². The number of nitrogens with zero attached hydrogens (tertiary/aromatic N) is 4. The third kappa shape index (κ3) is 6.23. The van der Waals surface area contributed by atoms with Crippen LogP contribution in [0.2, 0.25) is 0 Å². The predicted molar refractivity (Wildman–Crippen MR) is 137 cm³/mol.